The van der Waals surface area contributed by atoms with Gasteiger partial charge >= 0.3 is 6.09 Å². The number of amides is 1. The smallest absolute Gasteiger partial charge is 0.410 e. The Morgan fingerprint density at radius 1 is 1.32 bits per heavy atom. The molecular weight excluding hydrogens is 378 g/mol. The van der Waals surface area contributed by atoms with Crippen LogP contribution in [-0.2, 0) is 10.3 Å². The first-order chi connectivity index (χ1) is 13.1. The summed E-state index contributed by atoms with van der Waals surface area (Å²) in [6, 6.07) is 3.85. The van der Waals surface area contributed by atoms with Crippen molar-refractivity contribution in [3.8, 4) is 0 Å². The predicted octanol–water partition coefficient (Wildman–Crippen LogP) is 4.46. The van der Waals surface area contributed by atoms with Gasteiger partial charge < -0.3 is 14.7 Å². The number of carbonyl (C=O) groups excluding carboxylic acids is 1. The second kappa shape index (κ2) is 6.63. The van der Waals surface area contributed by atoms with Gasteiger partial charge in [0.1, 0.15) is 5.60 Å². The Kier molecular flexibility index (Phi) is 4.62. The fraction of sp³-hybridized carbons (Fsp3) is 0.619. The zero-order chi connectivity index (χ0) is 20.3. The van der Waals surface area contributed by atoms with E-state index in [9.17, 15) is 9.90 Å². The number of ether oxygens (including phenoxy) is 1. The van der Waals surface area contributed by atoms with Gasteiger partial charge in [0, 0.05) is 23.5 Å². The third-order valence-electron chi connectivity index (χ3n) is 6.27. The van der Waals surface area contributed by atoms with Crippen LogP contribution in [0.25, 0.3) is 10.9 Å². The van der Waals surface area contributed by atoms with E-state index in [1.165, 1.54) is 0 Å². The maximum absolute atomic E-state index is 12.4. The fourth-order valence-electron chi connectivity index (χ4n) is 5.05. The third-order valence-corrected chi connectivity index (χ3v) is 6.49. The number of fused-ring (bicyclic) bond motifs is 2. The molecular formula is C21H28ClN3O3. The minimum absolute atomic E-state index is 0.155. The van der Waals surface area contributed by atoms with Crippen molar-refractivity contribution in [2.75, 3.05) is 7.05 Å². The quantitative estimate of drug-likeness (QED) is 0.773. The van der Waals surface area contributed by atoms with Crippen molar-refractivity contribution in [1.82, 2.24) is 15.1 Å². The Bertz CT molecular complexity index is 890. The molecule has 1 aromatic heterocycles. The number of aromatic amines is 1. The van der Waals surface area contributed by atoms with Gasteiger partial charge in [0.05, 0.1) is 17.3 Å². The van der Waals surface area contributed by atoms with Crippen molar-refractivity contribution < 1.29 is 14.6 Å². The molecule has 0 bridgehead atoms. The molecule has 0 spiro atoms. The number of nitrogens with one attached hydrogen (secondary N) is 1. The van der Waals surface area contributed by atoms with E-state index in [0.717, 1.165) is 29.3 Å². The molecule has 1 heterocycles. The van der Waals surface area contributed by atoms with Crippen molar-refractivity contribution in [3.05, 3.63) is 28.9 Å². The average molecular weight is 406 g/mol. The van der Waals surface area contributed by atoms with Crippen molar-refractivity contribution >= 4 is 28.6 Å². The molecule has 4 rings (SSSR count). The lowest BCUT2D eigenvalue weighted by molar-refractivity contribution is 0.0170. The van der Waals surface area contributed by atoms with Crippen LogP contribution in [0.1, 0.15) is 52.0 Å². The van der Waals surface area contributed by atoms with Crippen LogP contribution in [0, 0.1) is 11.8 Å². The summed E-state index contributed by atoms with van der Waals surface area (Å²) >= 11 is 6.28. The molecule has 6 nitrogen and oxygen atoms in total. The lowest BCUT2D eigenvalue weighted by Crippen LogP contribution is -2.40. The van der Waals surface area contributed by atoms with Crippen LogP contribution in [0.4, 0.5) is 4.79 Å². The molecule has 2 fully saturated rings. The molecule has 0 radical (unpaired) electrons. The second-order valence-corrected chi connectivity index (χ2v) is 9.90. The summed E-state index contributed by atoms with van der Waals surface area (Å²) in [5.41, 5.74) is 0.297. The van der Waals surface area contributed by atoms with E-state index < -0.39 is 11.2 Å². The van der Waals surface area contributed by atoms with Gasteiger partial charge in [0.25, 0.3) is 0 Å². The van der Waals surface area contributed by atoms with Gasteiger partial charge in [-0.25, -0.2) is 4.79 Å². The molecule has 2 aromatic rings. The van der Waals surface area contributed by atoms with E-state index in [1.54, 1.807) is 11.1 Å². The maximum Gasteiger partial charge on any atom is 0.410 e. The van der Waals surface area contributed by atoms with Crippen molar-refractivity contribution in [2.24, 2.45) is 11.8 Å². The van der Waals surface area contributed by atoms with E-state index >= 15 is 0 Å². The van der Waals surface area contributed by atoms with Crippen LogP contribution in [0.2, 0.25) is 5.02 Å². The van der Waals surface area contributed by atoms with Crippen LogP contribution < -0.4 is 0 Å². The number of carbonyl (C=O) groups is 1. The van der Waals surface area contributed by atoms with Gasteiger partial charge in [-0.3, -0.25) is 5.10 Å². The number of hydrogen-bond donors (Lipinski definition) is 2. The number of nitrogens with zero attached hydrogens (tertiary/aromatic N) is 2. The molecule has 152 valence electrons. The minimum atomic E-state index is -0.905. The van der Waals surface area contributed by atoms with Gasteiger partial charge in [0.15, 0.2) is 0 Å². The van der Waals surface area contributed by atoms with Gasteiger partial charge in [-0.1, -0.05) is 11.6 Å². The average Bonchev–Trinajstić information content (AvgIpc) is 3.24. The first-order valence-electron chi connectivity index (χ1n) is 9.87. The van der Waals surface area contributed by atoms with Gasteiger partial charge in [-0.05, 0) is 76.0 Å². The Balaban J connectivity index is 1.49. The normalized spacial score (nSPS) is 29.9. The number of hydrogen-bond acceptors (Lipinski definition) is 4. The van der Waals surface area contributed by atoms with Crippen LogP contribution in [0.5, 0.6) is 0 Å². The van der Waals surface area contributed by atoms with Crippen LogP contribution >= 0.6 is 11.6 Å². The molecule has 1 amide bonds. The zero-order valence-corrected chi connectivity index (χ0v) is 17.6. The summed E-state index contributed by atoms with van der Waals surface area (Å²) in [6.45, 7) is 5.64. The third kappa shape index (κ3) is 3.48. The predicted molar refractivity (Wildman–Crippen MR) is 108 cm³/mol. The Morgan fingerprint density at radius 2 is 1.96 bits per heavy atom. The van der Waals surface area contributed by atoms with Gasteiger partial charge in [-0.2, -0.15) is 5.10 Å². The summed E-state index contributed by atoms with van der Waals surface area (Å²) in [5.74, 6) is 0.752. The SMILES string of the molecule is CN(C(=O)OC(C)(C)C)C1C[C@@H]2CC(O)(c3cc(Cl)cc4[nH]ncc34)C[C@@H]2C1. The topological polar surface area (TPSA) is 78.5 Å². The van der Waals surface area contributed by atoms with Crippen molar-refractivity contribution in [3.63, 3.8) is 0 Å². The largest absolute Gasteiger partial charge is 0.444 e. The summed E-state index contributed by atoms with van der Waals surface area (Å²) in [4.78, 5) is 14.1. The second-order valence-electron chi connectivity index (χ2n) is 9.46. The van der Waals surface area contributed by atoms with Gasteiger partial charge in [0.2, 0.25) is 0 Å². The van der Waals surface area contributed by atoms with Crippen LogP contribution in [-0.4, -0.2) is 45.0 Å². The highest BCUT2D eigenvalue weighted by atomic mass is 35.5. The number of aliphatic hydroxyl groups is 1. The minimum Gasteiger partial charge on any atom is -0.444 e. The number of halogens is 1. The lowest BCUT2D eigenvalue weighted by atomic mass is 9.87. The maximum atomic E-state index is 12.4. The molecule has 4 atom stereocenters. The first kappa shape index (κ1) is 19.5. The van der Waals surface area contributed by atoms with E-state index in [-0.39, 0.29) is 12.1 Å². The fourth-order valence-corrected chi connectivity index (χ4v) is 5.27. The van der Waals surface area contributed by atoms with Crippen molar-refractivity contribution in [2.45, 2.75) is 63.7 Å². The molecule has 2 N–H and O–H groups in total. The zero-order valence-electron chi connectivity index (χ0n) is 16.8. The number of H-pyrrole nitrogens is 1. The van der Waals surface area contributed by atoms with E-state index in [0.29, 0.717) is 29.7 Å². The van der Waals surface area contributed by atoms with E-state index in [1.807, 2.05) is 40.0 Å². The summed E-state index contributed by atoms with van der Waals surface area (Å²) in [7, 11) is 1.82. The Labute approximate surface area is 170 Å². The van der Waals surface area contributed by atoms with Crippen molar-refractivity contribution in [1.29, 1.82) is 0 Å². The molecule has 0 saturated heterocycles. The standard InChI is InChI=1S/C21H28ClN3O3/c1-20(2,3)28-19(26)25(4)15-5-12-9-21(27,10-13(12)6-15)17-7-14(22)8-18-16(17)11-23-24-18/h7-8,11-13,15,27H,5-6,9-10H2,1-4H3,(H,23,24)/t12-,13+,15?,21?. The van der Waals surface area contributed by atoms with E-state index in [4.69, 9.17) is 16.3 Å². The Hall–Kier alpha value is -1.79. The highest BCUT2D eigenvalue weighted by Gasteiger charge is 2.51. The molecule has 0 aliphatic heterocycles. The first-order valence-corrected chi connectivity index (χ1v) is 10.2. The molecule has 28 heavy (non-hydrogen) atoms. The van der Waals surface area contributed by atoms with Gasteiger partial charge in [-0.15, -0.1) is 0 Å². The summed E-state index contributed by atoms with van der Waals surface area (Å²) < 4.78 is 5.51. The summed E-state index contributed by atoms with van der Waals surface area (Å²) in [6.07, 6.45) is 4.61. The lowest BCUT2D eigenvalue weighted by Gasteiger charge is -2.30. The molecule has 2 aliphatic rings. The molecule has 7 heteroatoms. The Morgan fingerprint density at radius 3 is 2.57 bits per heavy atom. The highest BCUT2D eigenvalue weighted by Crippen LogP contribution is 2.54. The highest BCUT2D eigenvalue weighted by molar-refractivity contribution is 6.31. The van der Waals surface area contributed by atoms with Crippen LogP contribution in [0.3, 0.4) is 0 Å². The van der Waals surface area contributed by atoms with Crippen LogP contribution in [0.15, 0.2) is 18.3 Å². The molecule has 2 unspecified atom stereocenters. The molecule has 2 saturated carbocycles. The molecule has 2 aliphatic carbocycles. The molecule has 1 aromatic carbocycles. The number of benzene rings is 1. The number of aromatic nitrogens is 2. The van der Waals surface area contributed by atoms with E-state index in [2.05, 4.69) is 10.2 Å². The summed E-state index contributed by atoms with van der Waals surface area (Å²) in [5, 5.41) is 20.1. The number of rotatable bonds is 2. The monoisotopic (exact) mass is 405 g/mol.